The summed E-state index contributed by atoms with van der Waals surface area (Å²) in [6, 6.07) is 5.76. The molecule has 0 atom stereocenters. The van der Waals surface area contributed by atoms with Crippen LogP contribution in [0, 0.1) is 6.92 Å². The van der Waals surface area contributed by atoms with Gasteiger partial charge < -0.3 is 15.4 Å². The normalized spacial score (nSPS) is 16.1. The van der Waals surface area contributed by atoms with Crippen LogP contribution in [0.2, 0.25) is 0 Å². The zero-order chi connectivity index (χ0) is 13.7. The largest absolute Gasteiger partial charge is 0.495 e. The van der Waals surface area contributed by atoms with E-state index in [4.69, 9.17) is 4.74 Å². The van der Waals surface area contributed by atoms with Crippen molar-refractivity contribution in [3.63, 3.8) is 0 Å². The molecule has 1 fully saturated rings. The van der Waals surface area contributed by atoms with Crippen molar-refractivity contribution in [2.75, 3.05) is 45.2 Å². The van der Waals surface area contributed by atoms with Gasteiger partial charge in [0, 0.05) is 26.2 Å². The van der Waals surface area contributed by atoms with E-state index < -0.39 is 0 Å². The first-order chi connectivity index (χ1) is 9.19. The van der Waals surface area contributed by atoms with Crippen LogP contribution in [-0.2, 0) is 4.79 Å². The maximum atomic E-state index is 12.0. The molecule has 0 aromatic heterocycles. The van der Waals surface area contributed by atoms with Gasteiger partial charge in [0.05, 0.1) is 19.3 Å². The van der Waals surface area contributed by atoms with Gasteiger partial charge in [-0.3, -0.25) is 9.69 Å². The fraction of sp³-hybridized carbons (Fsp3) is 0.500. The number of amides is 1. The molecule has 1 aliphatic rings. The van der Waals surface area contributed by atoms with Crippen LogP contribution in [0.15, 0.2) is 18.2 Å². The van der Waals surface area contributed by atoms with Gasteiger partial charge in [-0.1, -0.05) is 6.07 Å². The number of carbonyl (C=O) groups excluding carboxylic acids is 1. The molecule has 2 N–H and O–H groups in total. The molecule has 0 spiro atoms. The van der Waals surface area contributed by atoms with Crippen molar-refractivity contribution in [1.29, 1.82) is 0 Å². The molecule has 1 saturated heterocycles. The third-order valence-electron chi connectivity index (χ3n) is 3.21. The van der Waals surface area contributed by atoms with Crippen LogP contribution in [0.5, 0.6) is 5.75 Å². The predicted octanol–water partition coefficient (Wildman–Crippen LogP) is 0.847. The van der Waals surface area contributed by atoms with Crippen molar-refractivity contribution < 1.29 is 9.53 Å². The molecule has 0 unspecified atom stereocenters. The van der Waals surface area contributed by atoms with Crippen molar-refractivity contribution in [2.45, 2.75) is 6.92 Å². The van der Waals surface area contributed by atoms with E-state index in [1.165, 1.54) is 0 Å². The SMILES string of the molecule is COc1ccc(C)cc1NC(=O)CN1CCNCC1. The summed E-state index contributed by atoms with van der Waals surface area (Å²) in [5, 5.41) is 6.19. The van der Waals surface area contributed by atoms with E-state index >= 15 is 0 Å². The second kappa shape index (κ2) is 6.54. The smallest absolute Gasteiger partial charge is 0.238 e. The molecule has 0 saturated carbocycles. The number of hydrogen-bond acceptors (Lipinski definition) is 4. The van der Waals surface area contributed by atoms with Crippen molar-refractivity contribution in [2.24, 2.45) is 0 Å². The summed E-state index contributed by atoms with van der Waals surface area (Å²) in [6.45, 7) is 6.14. The van der Waals surface area contributed by atoms with Crippen molar-refractivity contribution in [3.05, 3.63) is 23.8 Å². The molecule has 0 aliphatic carbocycles. The van der Waals surface area contributed by atoms with Crippen LogP contribution in [0.1, 0.15) is 5.56 Å². The van der Waals surface area contributed by atoms with Gasteiger partial charge in [0.15, 0.2) is 0 Å². The van der Waals surface area contributed by atoms with Gasteiger partial charge in [-0.25, -0.2) is 0 Å². The minimum Gasteiger partial charge on any atom is -0.495 e. The molecule has 0 radical (unpaired) electrons. The van der Waals surface area contributed by atoms with Gasteiger partial charge in [-0.2, -0.15) is 0 Å². The Morgan fingerprint density at radius 1 is 1.42 bits per heavy atom. The maximum absolute atomic E-state index is 12.0. The van der Waals surface area contributed by atoms with E-state index in [-0.39, 0.29) is 5.91 Å². The quantitative estimate of drug-likeness (QED) is 0.845. The molecule has 19 heavy (non-hydrogen) atoms. The molecule has 2 rings (SSSR count). The lowest BCUT2D eigenvalue weighted by Crippen LogP contribution is -2.46. The van der Waals surface area contributed by atoms with E-state index in [1.807, 2.05) is 25.1 Å². The van der Waals surface area contributed by atoms with Crippen molar-refractivity contribution in [1.82, 2.24) is 10.2 Å². The van der Waals surface area contributed by atoms with Crippen molar-refractivity contribution >= 4 is 11.6 Å². The van der Waals surface area contributed by atoms with E-state index in [1.54, 1.807) is 7.11 Å². The third-order valence-corrected chi connectivity index (χ3v) is 3.21. The highest BCUT2D eigenvalue weighted by Crippen LogP contribution is 2.25. The van der Waals surface area contributed by atoms with Gasteiger partial charge in [0.2, 0.25) is 5.91 Å². The van der Waals surface area contributed by atoms with E-state index in [0.29, 0.717) is 12.3 Å². The highest BCUT2D eigenvalue weighted by Gasteiger charge is 2.14. The number of carbonyl (C=O) groups is 1. The van der Waals surface area contributed by atoms with Crippen LogP contribution in [0.4, 0.5) is 5.69 Å². The van der Waals surface area contributed by atoms with Crippen LogP contribution < -0.4 is 15.4 Å². The average molecular weight is 263 g/mol. The monoisotopic (exact) mass is 263 g/mol. The second-order valence-electron chi connectivity index (χ2n) is 4.78. The molecular formula is C14H21N3O2. The zero-order valence-corrected chi connectivity index (χ0v) is 11.5. The van der Waals surface area contributed by atoms with E-state index in [2.05, 4.69) is 15.5 Å². The molecular weight excluding hydrogens is 242 g/mol. The highest BCUT2D eigenvalue weighted by molar-refractivity contribution is 5.93. The number of nitrogens with one attached hydrogen (secondary N) is 2. The Balaban J connectivity index is 1.95. The lowest BCUT2D eigenvalue weighted by atomic mass is 10.2. The summed E-state index contributed by atoms with van der Waals surface area (Å²) < 4.78 is 5.25. The Bertz CT molecular complexity index is 442. The summed E-state index contributed by atoms with van der Waals surface area (Å²) in [4.78, 5) is 14.2. The second-order valence-corrected chi connectivity index (χ2v) is 4.78. The van der Waals surface area contributed by atoms with E-state index in [9.17, 15) is 4.79 Å². The molecule has 1 heterocycles. The van der Waals surface area contributed by atoms with Crippen LogP contribution in [0.25, 0.3) is 0 Å². The highest BCUT2D eigenvalue weighted by atomic mass is 16.5. The average Bonchev–Trinajstić information content (AvgIpc) is 2.40. The number of piperazine rings is 1. The minimum absolute atomic E-state index is 0.00537. The van der Waals surface area contributed by atoms with Gasteiger partial charge >= 0.3 is 0 Å². The fourth-order valence-corrected chi connectivity index (χ4v) is 2.18. The Morgan fingerprint density at radius 2 is 2.16 bits per heavy atom. The number of aryl methyl sites for hydroxylation is 1. The summed E-state index contributed by atoms with van der Waals surface area (Å²) in [5.74, 6) is 0.699. The Labute approximate surface area is 113 Å². The molecule has 1 aromatic rings. The molecule has 1 aromatic carbocycles. The Hall–Kier alpha value is -1.59. The van der Waals surface area contributed by atoms with E-state index in [0.717, 1.165) is 37.4 Å². The van der Waals surface area contributed by atoms with Crippen LogP contribution >= 0.6 is 0 Å². The lowest BCUT2D eigenvalue weighted by molar-refractivity contribution is -0.117. The lowest BCUT2D eigenvalue weighted by Gasteiger charge is -2.26. The number of rotatable bonds is 4. The van der Waals surface area contributed by atoms with Gasteiger partial charge in [-0.05, 0) is 24.6 Å². The first kappa shape index (κ1) is 13.8. The summed E-state index contributed by atoms with van der Waals surface area (Å²) in [5.41, 5.74) is 1.83. The number of benzene rings is 1. The van der Waals surface area contributed by atoms with Crippen LogP contribution in [-0.4, -0.2) is 50.6 Å². The summed E-state index contributed by atoms with van der Waals surface area (Å²) in [6.07, 6.45) is 0. The number of methoxy groups -OCH3 is 1. The Morgan fingerprint density at radius 3 is 2.84 bits per heavy atom. The Kier molecular flexibility index (Phi) is 4.76. The number of ether oxygens (including phenoxy) is 1. The number of anilines is 1. The third kappa shape index (κ3) is 3.94. The minimum atomic E-state index is 0.00537. The number of nitrogens with zero attached hydrogens (tertiary/aromatic N) is 1. The van der Waals surface area contributed by atoms with Gasteiger partial charge in [0.25, 0.3) is 0 Å². The fourth-order valence-electron chi connectivity index (χ4n) is 2.18. The first-order valence-corrected chi connectivity index (χ1v) is 6.56. The number of hydrogen-bond donors (Lipinski definition) is 2. The summed E-state index contributed by atoms with van der Waals surface area (Å²) >= 11 is 0. The van der Waals surface area contributed by atoms with Crippen LogP contribution in [0.3, 0.4) is 0 Å². The van der Waals surface area contributed by atoms with Crippen molar-refractivity contribution in [3.8, 4) is 5.75 Å². The molecule has 1 aliphatic heterocycles. The standard InChI is InChI=1S/C14H21N3O2/c1-11-3-4-13(19-2)12(9-11)16-14(18)10-17-7-5-15-6-8-17/h3-4,9,15H,5-8,10H2,1-2H3,(H,16,18). The van der Waals surface area contributed by atoms with Gasteiger partial charge in [-0.15, -0.1) is 0 Å². The molecule has 0 bridgehead atoms. The maximum Gasteiger partial charge on any atom is 0.238 e. The molecule has 5 nitrogen and oxygen atoms in total. The predicted molar refractivity (Wildman–Crippen MR) is 75.7 cm³/mol. The summed E-state index contributed by atoms with van der Waals surface area (Å²) in [7, 11) is 1.61. The first-order valence-electron chi connectivity index (χ1n) is 6.56. The topological polar surface area (TPSA) is 53.6 Å². The van der Waals surface area contributed by atoms with Gasteiger partial charge in [0.1, 0.15) is 5.75 Å². The molecule has 5 heteroatoms. The zero-order valence-electron chi connectivity index (χ0n) is 11.5. The molecule has 1 amide bonds. The molecule has 104 valence electrons.